The van der Waals surface area contributed by atoms with E-state index in [-0.39, 0.29) is 35.3 Å². The Kier molecular flexibility index (Phi) is 8.07. The van der Waals surface area contributed by atoms with Crippen LogP contribution in [0.1, 0.15) is 59.3 Å². The lowest BCUT2D eigenvalue weighted by molar-refractivity contribution is -0.127. The summed E-state index contributed by atoms with van der Waals surface area (Å²) in [6, 6.07) is 15.4. The van der Waals surface area contributed by atoms with Crippen molar-refractivity contribution in [2.45, 2.75) is 51.5 Å². The number of aryl methyl sites for hydroxylation is 2. The van der Waals surface area contributed by atoms with Crippen LogP contribution in [0.3, 0.4) is 0 Å². The van der Waals surface area contributed by atoms with Crippen molar-refractivity contribution in [2.24, 2.45) is 0 Å². The van der Waals surface area contributed by atoms with E-state index >= 15 is 0 Å². The molecule has 1 fully saturated rings. The highest BCUT2D eigenvalue weighted by atomic mass is 35.5. The Balaban J connectivity index is 1.39. The van der Waals surface area contributed by atoms with E-state index in [2.05, 4.69) is 4.98 Å². The van der Waals surface area contributed by atoms with E-state index in [1.165, 1.54) is 12.1 Å². The van der Waals surface area contributed by atoms with Crippen molar-refractivity contribution in [2.75, 3.05) is 19.6 Å². The summed E-state index contributed by atoms with van der Waals surface area (Å²) in [5.74, 6) is -0.624. The maximum absolute atomic E-state index is 14.1. The van der Waals surface area contributed by atoms with Gasteiger partial charge < -0.3 is 14.8 Å². The van der Waals surface area contributed by atoms with Crippen molar-refractivity contribution in [3.63, 3.8) is 0 Å². The minimum atomic E-state index is -0.389. The third-order valence-electron chi connectivity index (χ3n) is 8.20. The average molecular weight is 587 g/mol. The summed E-state index contributed by atoms with van der Waals surface area (Å²) < 4.78 is 14.1. The number of hydrogen-bond acceptors (Lipinski definition) is 4. The Morgan fingerprint density at radius 3 is 2.69 bits per heavy atom. The normalized spacial score (nSPS) is 14.8. The number of hydrogen-bond donors (Lipinski definition) is 1. The van der Waals surface area contributed by atoms with Gasteiger partial charge in [-0.15, -0.1) is 0 Å². The van der Waals surface area contributed by atoms with E-state index in [1.54, 1.807) is 29.2 Å². The topological polar surface area (TPSA) is 86.4 Å². The van der Waals surface area contributed by atoms with E-state index in [1.807, 2.05) is 23.1 Å². The van der Waals surface area contributed by atoms with E-state index in [0.29, 0.717) is 42.2 Å². The lowest BCUT2D eigenvalue weighted by Gasteiger charge is -2.26. The first-order chi connectivity index (χ1) is 20.4. The number of fused-ring (bicyclic) bond motifs is 2. The molecule has 1 saturated heterocycles. The van der Waals surface area contributed by atoms with Gasteiger partial charge in [-0.1, -0.05) is 23.7 Å². The highest BCUT2D eigenvalue weighted by molar-refractivity contribution is 6.30. The molecule has 9 heteroatoms. The maximum atomic E-state index is 14.1. The molecule has 4 aromatic rings. The number of aromatic nitrogens is 2. The lowest BCUT2D eigenvalue weighted by atomic mass is 9.94. The molecule has 3 heterocycles. The predicted octanol–water partition coefficient (Wildman–Crippen LogP) is 5.92. The molecule has 6 rings (SSSR count). The smallest absolute Gasteiger partial charge is 0.261 e. The third kappa shape index (κ3) is 5.95. The van der Waals surface area contributed by atoms with Gasteiger partial charge in [0.2, 0.25) is 5.91 Å². The number of aromatic amines is 1. The minimum absolute atomic E-state index is 0.119. The molecule has 2 aliphatic rings. The fourth-order valence-electron chi connectivity index (χ4n) is 6.05. The molecular formula is C33H32ClFN4O3. The number of pyridine rings is 2. The molecular weight excluding hydrogens is 555 g/mol. The van der Waals surface area contributed by atoms with E-state index in [4.69, 9.17) is 16.6 Å². The summed E-state index contributed by atoms with van der Waals surface area (Å²) >= 11 is 6.32. The number of carbonyl (C=O) groups excluding carboxylic acids is 2. The molecule has 0 unspecified atom stereocenters. The van der Waals surface area contributed by atoms with Crippen LogP contribution in [-0.2, 0) is 24.2 Å². The van der Waals surface area contributed by atoms with Crippen molar-refractivity contribution in [1.82, 2.24) is 19.8 Å². The van der Waals surface area contributed by atoms with Gasteiger partial charge in [0.25, 0.3) is 11.5 Å². The van der Waals surface area contributed by atoms with E-state index in [9.17, 15) is 18.8 Å². The van der Waals surface area contributed by atoms with Gasteiger partial charge in [0.05, 0.1) is 11.2 Å². The average Bonchev–Trinajstić information content (AvgIpc) is 3.39. The number of benzene rings is 2. The zero-order valence-corrected chi connectivity index (χ0v) is 24.1. The second-order valence-corrected chi connectivity index (χ2v) is 11.6. The Labute approximate surface area is 248 Å². The van der Waals surface area contributed by atoms with Gasteiger partial charge in [-0.05, 0) is 86.1 Å². The van der Waals surface area contributed by atoms with Gasteiger partial charge in [0.1, 0.15) is 11.4 Å². The number of likely N-dealkylation sites (tertiary alicyclic amines) is 1. The summed E-state index contributed by atoms with van der Waals surface area (Å²) in [5.41, 5.74) is 4.22. The van der Waals surface area contributed by atoms with Crippen LogP contribution < -0.4 is 5.56 Å². The van der Waals surface area contributed by atoms with Crippen LogP contribution in [0, 0.1) is 5.82 Å². The Morgan fingerprint density at radius 2 is 1.88 bits per heavy atom. The Hall–Kier alpha value is -4.04. The van der Waals surface area contributed by atoms with Gasteiger partial charge in [-0.25, -0.2) is 9.37 Å². The van der Waals surface area contributed by atoms with Crippen LogP contribution in [0.4, 0.5) is 4.39 Å². The predicted molar refractivity (Wildman–Crippen MR) is 161 cm³/mol. The number of nitrogens with zero attached hydrogens (tertiary/aromatic N) is 3. The summed E-state index contributed by atoms with van der Waals surface area (Å²) in [5, 5.41) is 1.27. The molecule has 2 aromatic heterocycles. The van der Waals surface area contributed by atoms with Crippen LogP contribution in [0.5, 0.6) is 0 Å². The molecule has 2 aromatic carbocycles. The molecule has 1 aliphatic heterocycles. The maximum Gasteiger partial charge on any atom is 0.261 e. The Morgan fingerprint density at radius 1 is 1.02 bits per heavy atom. The van der Waals surface area contributed by atoms with Crippen molar-refractivity contribution in [1.29, 1.82) is 0 Å². The molecule has 0 saturated carbocycles. The third-order valence-corrected chi connectivity index (χ3v) is 8.44. The Bertz CT molecular complexity index is 1740. The summed E-state index contributed by atoms with van der Waals surface area (Å²) in [4.78, 5) is 50.7. The standard InChI is InChI=1S/C33H32ClFN4O3/c34-25-8-3-7-23(17-25)31-24(16-22-11-12-26(35)19-29(22)36-31)20-39(15-5-14-38-13-4-10-30(38)40)33(42)27-18-21-6-1-2-9-28(21)37-32(27)41/h3,7-8,11-12,16-19H,1-2,4-6,9-10,13-15,20H2,(H,37,41). The van der Waals surface area contributed by atoms with Crippen LogP contribution in [0.25, 0.3) is 22.2 Å². The highest BCUT2D eigenvalue weighted by Gasteiger charge is 2.25. The summed E-state index contributed by atoms with van der Waals surface area (Å²) in [7, 11) is 0. The highest BCUT2D eigenvalue weighted by Crippen LogP contribution is 2.30. The van der Waals surface area contributed by atoms with Gasteiger partial charge in [0, 0.05) is 60.3 Å². The molecule has 42 heavy (non-hydrogen) atoms. The van der Waals surface area contributed by atoms with E-state index in [0.717, 1.165) is 66.4 Å². The van der Waals surface area contributed by atoms with E-state index < -0.39 is 0 Å². The zero-order valence-electron chi connectivity index (χ0n) is 23.3. The molecule has 0 atom stereocenters. The first-order valence-electron chi connectivity index (χ1n) is 14.5. The fraction of sp³-hybridized carbons (Fsp3) is 0.333. The summed E-state index contributed by atoms with van der Waals surface area (Å²) in [6.45, 7) is 1.78. The van der Waals surface area contributed by atoms with Gasteiger partial charge in [-0.3, -0.25) is 14.4 Å². The van der Waals surface area contributed by atoms with Crippen LogP contribution >= 0.6 is 11.6 Å². The molecule has 216 valence electrons. The molecule has 7 nitrogen and oxygen atoms in total. The number of rotatable bonds is 8. The monoisotopic (exact) mass is 586 g/mol. The van der Waals surface area contributed by atoms with Gasteiger partial charge >= 0.3 is 0 Å². The second kappa shape index (κ2) is 12.1. The SMILES string of the molecule is O=C1CCCN1CCCN(Cc1cc2ccc(F)cc2nc1-c1cccc(Cl)c1)C(=O)c1cc2c([nH]c1=O)CCCC2. The van der Waals surface area contributed by atoms with Crippen LogP contribution in [-0.4, -0.2) is 51.2 Å². The van der Waals surface area contributed by atoms with Crippen molar-refractivity contribution < 1.29 is 14.0 Å². The molecule has 1 aliphatic carbocycles. The first-order valence-corrected chi connectivity index (χ1v) is 14.9. The number of halogens is 2. The van der Waals surface area contributed by atoms with Crippen LogP contribution in [0.15, 0.2) is 59.4 Å². The van der Waals surface area contributed by atoms with Gasteiger partial charge in [0.15, 0.2) is 0 Å². The molecule has 0 radical (unpaired) electrons. The number of carbonyl (C=O) groups is 2. The fourth-order valence-corrected chi connectivity index (χ4v) is 6.24. The molecule has 0 bridgehead atoms. The molecule has 2 amide bonds. The largest absolute Gasteiger partial charge is 0.343 e. The number of amides is 2. The minimum Gasteiger partial charge on any atom is -0.343 e. The first kappa shape index (κ1) is 28.1. The number of nitrogens with one attached hydrogen (secondary N) is 1. The van der Waals surface area contributed by atoms with Crippen molar-refractivity contribution >= 4 is 34.3 Å². The number of H-pyrrole nitrogens is 1. The quantitative estimate of drug-likeness (QED) is 0.278. The molecule has 0 spiro atoms. The van der Waals surface area contributed by atoms with Gasteiger partial charge in [-0.2, -0.15) is 0 Å². The summed E-state index contributed by atoms with van der Waals surface area (Å²) in [6.07, 6.45) is 5.64. The second-order valence-electron chi connectivity index (χ2n) is 11.1. The molecule has 1 N–H and O–H groups in total. The lowest BCUT2D eigenvalue weighted by Crippen LogP contribution is -2.37. The van der Waals surface area contributed by atoms with Crippen molar-refractivity contribution in [3.8, 4) is 11.3 Å². The van der Waals surface area contributed by atoms with Crippen molar-refractivity contribution in [3.05, 3.63) is 98.2 Å². The zero-order chi connectivity index (χ0) is 29.2. The van der Waals surface area contributed by atoms with Crippen LogP contribution in [0.2, 0.25) is 5.02 Å².